The van der Waals surface area contributed by atoms with Crippen LogP contribution < -0.4 is 14.8 Å². The zero-order valence-corrected chi connectivity index (χ0v) is 16.5. The Morgan fingerprint density at radius 3 is 2.72 bits per heavy atom. The van der Waals surface area contributed by atoms with Gasteiger partial charge in [-0.05, 0) is 59.8 Å². The van der Waals surface area contributed by atoms with Crippen LogP contribution in [0.3, 0.4) is 0 Å². The van der Waals surface area contributed by atoms with Gasteiger partial charge in [0.05, 0.1) is 20.3 Å². The molecule has 1 aromatic heterocycles. The van der Waals surface area contributed by atoms with Crippen molar-refractivity contribution in [1.29, 1.82) is 0 Å². The lowest BCUT2D eigenvalue weighted by molar-refractivity contribution is 0.327. The van der Waals surface area contributed by atoms with Gasteiger partial charge in [0, 0.05) is 18.0 Å². The molecule has 1 unspecified atom stereocenters. The monoisotopic (exact) mass is 376 g/mol. The highest BCUT2D eigenvalue weighted by Gasteiger charge is 2.32. The first-order valence-electron chi connectivity index (χ1n) is 8.52. The molecule has 2 heterocycles. The molecule has 0 radical (unpaired) electrons. The van der Waals surface area contributed by atoms with E-state index in [9.17, 15) is 0 Å². The lowest BCUT2D eigenvalue weighted by Crippen LogP contribution is -2.45. The van der Waals surface area contributed by atoms with Crippen LogP contribution in [0.25, 0.3) is 0 Å². The zero-order chi connectivity index (χ0) is 17.8. The van der Waals surface area contributed by atoms with Gasteiger partial charge in [-0.25, -0.2) is 0 Å². The Morgan fingerprint density at radius 1 is 1.32 bits per heavy atom. The molecular formula is C19H24N2O2S2. The van der Waals surface area contributed by atoms with Gasteiger partial charge < -0.3 is 19.7 Å². The van der Waals surface area contributed by atoms with Gasteiger partial charge >= 0.3 is 0 Å². The summed E-state index contributed by atoms with van der Waals surface area (Å²) >= 11 is 7.45. The Bertz CT molecular complexity index is 731. The van der Waals surface area contributed by atoms with E-state index in [0.29, 0.717) is 0 Å². The number of fused-ring (bicyclic) bond motifs is 1. The Morgan fingerprint density at radius 2 is 2.08 bits per heavy atom. The van der Waals surface area contributed by atoms with E-state index in [1.165, 1.54) is 16.0 Å². The average Bonchev–Trinajstić information content (AvgIpc) is 3.18. The third kappa shape index (κ3) is 3.60. The topological polar surface area (TPSA) is 33.7 Å². The number of methoxy groups -OCH3 is 2. The first-order valence-corrected chi connectivity index (χ1v) is 9.81. The second kappa shape index (κ2) is 8.06. The minimum absolute atomic E-state index is 0.111. The molecule has 1 aliphatic heterocycles. The summed E-state index contributed by atoms with van der Waals surface area (Å²) in [4.78, 5) is 3.58. The van der Waals surface area contributed by atoms with Crippen molar-refractivity contribution in [2.75, 3.05) is 27.3 Å². The van der Waals surface area contributed by atoms with Crippen molar-refractivity contribution in [2.45, 2.75) is 25.8 Å². The minimum atomic E-state index is 0.111. The molecule has 1 atom stereocenters. The van der Waals surface area contributed by atoms with Crippen LogP contribution in [0, 0.1) is 0 Å². The van der Waals surface area contributed by atoms with E-state index in [2.05, 4.69) is 46.8 Å². The van der Waals surface area contributed by atoms with Crippen LogP contribution >= 0.6 is 23.6 Å². The van der Waals surface area contributed by atoms with Crippen LogP contribution in [-0.2, 0) is 6.42 Å². The summed E-state index contributed by atoms with van der Waals surface area (Å²) in [5.74, 6) is 1.54. The van der Waals surface area contributed by atoms with Crippen LogP contribution in [0.1, 0.15) is 35.4 Å². The molecular weight excluding hydrogens is 352 g/mol. The molecule has 0 aliphatic carbocycles. The molecule has 0 spiro atoms. The lowest BCUT2D eigenvalue weighted by atomic mass is 9.91. The number of hydrogen-bond acceptors (Lipinski definition) is 4. The number of hydrogen-bond donors (Lipinski definition) is 1. The van der Waals surface area contributed by atoms with Gasteiger partial charge in [-0.2, -0.15) is 0 Å². The Kier molecular flexibility index (Phi) is 5.81. The van der Waals surface area contributed by atoms with Gasteiger partial charge in [-0.3, -0.25) is 0 Å². The van der Waals surface area contributed by atoms with Crippen molar-refractivity contribution < 1.29 is 9.47 Å². The SMILES string of the molecule is CCCNC(=S)N1CCc2cc(OC)c(OC)cc2C1c1cccs1. The van der Waals surface area contributed by atoms with E-state index in [1.807, 2.05) is 0 Å². The second-order valence-corrected chi connectivity index (χ2v) is 7.37. The molecule has 2 aromatic rings. The molecule has 0 saturated carbocycles. The van der Waals surface area contributed by atoms with Crippen molar-refractivity contribution in [3.05, 3.63) is 45.6 Å². The number of thiocarbonyl (C=S) groups is 1. The normalized spacial score (nSPS) is 16.3. The van der Waals surface area contributed by atoms with Crippen molar-refractivity contribution in [3.63, 3.8) is 0 Å². The molecule has 0 bridgehead atoms. The number of nitrogens with one attached hydrogen (secondary N) is 1. The van der Waals surface area contributed by atoms with Crippen molar-refractivity contribution in [1.82, 2.24) is 10.2 Å². The van der Waals surface area contributed by atoms with Crippen LogP contribution in [0.15, 0.2) is 29.6 Å². The number of benzene rings is 1. The highest BCUT2D eigenvalue weighted by molar-refractivity contribution is 7.80. The summed E-state index contributed by atoms with van der Waals surface area (Å²) in [6.07, 6.45) is 1.99. The summed E-state index contributed by atoms with van der Waals surface area (Å²) in [7, 11) is 3.36. The maximum absolute atomic E-state index is 5.69. The van der Waals surface area contributed by atoms with Crippen LogP contribution in [0.2, 0.25) is 0 Å². The molecule has 4 nitrogen and oxygen atoms in total. The maximum Gasteiger partial charge on any atom is 0.169 e. The molecule has 134 valence electrons. The Labute approximate surface area is 158 Å². The van der Waals surface area contributed by atoms with Crippen molar-refractivity contribution in [3.8, 4) is 11.5 Å². The van der Waals surface area contributed by atoms with Gasteiger partial charge in [0.2, 0.25) is 0 Å². The number of ether oxygens (including phenoxy) is 2. The highest BCUT2D eigenvalue weighted by atomic mass is 32.1. The maximum atomic E-state index is 5.69. The summed E-state index contributed by atoms with van der Waals surface area (Å²) < 4.78 is 11.0. The molecule has 0 saturated heterocycles. The summed E-state index contributed by atoms with van der Waals surface area (Å²) in [6.45, 7) is 3.93. The van der Waals surface area contributed by atoms with Crippen molar-refractivity contribution in [2.24, 2.45) is 0 Å². The van der Waals surface area contributed by atoms with Gasteiger partial charge in [0.15, 0.2) is 16.6 Å². The molecule has 3 rings (SSSR count). The predicted octanol–water partition coefficient (Wildman–Crippen LogP) is 4.00. The first-order chi connectivity index (χ1) is 12.2. The first kappa shape index (κ1) is 18.0. The van der Waals surface area contributed by atoms with Crippen LogP contribution in [0.5, 0.6) is 11.5 Å². The fraction of sp³-hybridized carbons (Fsp3) is 0.421. The smallest absolute Gasteiger partial charge is 0.169 e. The fourth-order valence-corrected chi connectivity index (χ4v) is 4.41. The van der Waals surface area contributed by atoms with E-state index in [0.717, 1.165) is 42.5 Å². The Hall–Kier alpha value is -1.79. The van der Waals surface area contributed by atoms with E-state index < -0.39 is 0 Å². The average molecular weight is 377 g/mol. The molecule has 1 N–H and O–H groups in total. The van der Waals surface area contributed by atoms with Crippen LogP contribution in [0.4, 0.5) is 0 Å². The molecule has 1 aliphatic rings. The van der Waals surface area contributed by atoms with E-state index >= 15 is 0 Å². The quantitative estimate of drug-likeness (QED) is 0.798. The number of thiophene rings is 1. The lowest BCUT2D eigenvalue weighted by Gasteiger charge is -2.39. The van der Waals surface area contributed by atoms with Gasteiger partial charge in [0.25, 0.3) is 0 Å². The van der Waals surface area contributed by atoms with Gasteiger partial charge in [-0.15, -0.1) is 11.3 Å². The largest absolute Gasteiger partial charge is 0.493 e. The van der Waals surface area contributed by atoms with E-state index in [4.69, 9.17) is 21.7 Å². The molecule has 25 heavy (non-hydrogen) atoms. The van der Waals surface area contributed by atoms with E-state index in [-0.39, 0.29) is 6.04 Å². The predicted molar refractivity (Wildman–Crippen MR) is 107 cm³/mol. The Balaban J connectivity index is 2.04. The third-order valence-corrected chi connectivity index (χ3v) is 5.78. The highest BCUT2D eigenvalue weighted by Crippen LogP contribution is 2.42. The summed E-state index contributed by atoms with van der Waals surface area (Å²) in [6, 6.07) is 8.59. The molecule has 1 aromatic carbocycles. The van der Waals surface area contributed by atoms with Gasteiger partial charge in [0.1, 0.15) is 0 Å². The third-order valence-electron chi connectivity index (χ3n) is 4.47. The van der Waals surface area contributed by atoms with E-state index in [1.54, 1.807) is 25.6 Å². The minimum Gasteiger partial charge on any atom is -0.493 e. The molecule has 0 amide bonds. The fourth-order valence-electron chi connectivity index (χ4n) is 3.25. The number of rotatable bonds is 5. The molecule has 0 fully saturated rings. The zero-order valence-electron chi connectivity index (χ0n) is 14.9. The van der Waals surface area contributed by atoms with Gasteiger partial charge in [-0.1, -0.05) is 13.0 Å². The van der Waals surface area contributed by atoms with Crippen LogP contribution in [-0.4, -0.2) is 37.3 Å². The summed E-state index contributed by atoms with van der Waals surface area (Å²) in [5.41, 5.74) is 2.54. The standard InChI is InChI=1S/C19H24N2O2S2/c1-4-8-20-19(24)21-9-7-13-11-15(22-2)16(23-3)12-14(13)18(21)17-6-5-10-25-17/h5-6,10-12,18H,4,7-9H2,1-3H3,(H,20,24). The van der Waals surface area contributed by atoms with Crippen molar-refractivity contribution >= 4 is 28.7 Å². The molecule has 6 heteroatoms. The summed E-state index contributed by atoms with van der Waals surface area (Å²) in [5, 5.41) is 6.32. The number of nitrogens with zero attached hydrogens (tertiary/aromatic N) is 1. The second-order valence-electron chi connectivity index (χ2n) is 6.00.